The second-order valence-electron chi connectivity index (χ2n) is 6.80. The van der Waals surface area contributed by atoms with Crippen LogP contribution in [0.15, 0.2) is 12.3 Å². The average Bonchev–Trinajstić information content (AvgIpc) is 3.06. The van der Waals surface area contributed by atoms with Crippen LogP contribution in [-0.2, 0) is 17.8 Å². The summed E-state index contributed by atoms with van der Waals surface area (Å²) < 4.78 is 5.22. The maximum Gasteiger partial charge on any atom is 0.257 e. The van der Waals surface area contributed by atoms with E-state index in [2.05, 4.69) is 16.0 Å². The lowest BCUT2D eigenvalue weighted by Gasteiger charge is -2.30. The van der Waals surface area contributed by atoms with Crippen LogP contribution in [0.2, 0.25) is 0 Å². The number of ether oxygens (including phenoxy) is 1. The molecule has 144 valence electrons. The highest BCUT2D eigenvalue weighted by molar-refractivity contribution is 7.17. The predicted octanol–water partition coefficient (Wildman–Crippen LogP) is 1.63. The SMILES string of the molecule is COc1nccc(N2CCc3c(sc4c3C(=O)N(C)CC(=O)N4C)C2)c1C#N. The van der Waals surface area contributed by atoms with Crippen LogP contribution < -0.4 is 14.5 Å². The van der Waals surface area contributed by atoms with Gasteiger partial charge in [-0.2, -0.15) is 5.26 Å². The molecular formula is C19H19N5O3S. The number of pyridine rings is 1. The van der Waals surface area contributed by atoms with Gasteiger partial charge in [-0.1, -0.05) is 0 Å². The molecule has 0 aromatic carbocycles. The Balaban J connectivity index is 1.76. The molecule has 0 saturated carbocycles. The van der Waals surface area contributed by atoms with E-state index in [0.29, 0.717) is 41.5 Å². The van der Waals surface area contributed by atoms with Crippen LogP contribution in [0, 0.1) is 11.3 Å². The molecular weight excluding hydrogens is 378 g/mol. The number of rotatable bonds is 2. The molecule has 0 N–H and O–H groups in total. The maximum absolute atomic E-state index is 12.9. The van der Waals surface area contributed by atoms with E-state index in [1.807, 2.05) is 0 Å². The summed E-state index contributed by atoms with van der Waals surface area (Å²) in [5.41, 5.74) is 2.81. The molecule has 2 aromatic heterocycles. The fourth-order valence-electron chi connectivity index (χ4n) is 3.69. The molecule has 0 bridgehead atoms. The van der Waals surface area contributed by atoms with Gasteiger partial charge in [0.2, 0.25) is 11.8 Å². The number of nitrogens with zero attached hydrogens (tertiary/aromatic N) is 5. The van der Waals surface area contributed by atoms with E-state index < -0.39 is 0 Å². The van der Waals surface area contributed by atoms with Crippen molar-refractivity contribution in [1.82, 2.24) is 9.88 Å². The first-order chi connectivity index (χ1) is 13.5. The Kier molecular flexibility index (Phi) is 4.43. The van der Waals surface area contributed by atoms with Gasteiger partial charge in [-0.05, 0) is 18.1 Å². The van der Waals surface area contributed by atoms with Crippen LogP contribution in [0.1, 0.15) is 26.4 Å². The minimum absolute atomic E-state index is 0.0833. The van der Waals surface area contributed by atoms with Gasteiger partial charge in [-0.3, -0.25) is 9.59 Å². The Morgan fingerprint density at radius 1 is 1.29 bits per heavy atom. The zero-order chi connectivity index (χ0) is 20.0. The average molecular weight is 397 g/mol. The van der Waals surface area contributed by atoms with Crippen LogP contribution in [0.4, 0.5) is 10.7 Å². The van der Waals surface area contributed by atoms with Gasteiger partial charge in [-0.25, -0.2) is 4.98 Å². The van der Waals surface area contributed by atoms with Gasteiger partial charge < -0.3 is 19.4 Å². The molecule has 0 aliphatic carbocycles. The van der Waals surface area contributed by atoms with Crippen molar-refractivity contribution in [3.8, 4) is 11.9 Å². The summed E-state index contributed by atoms with van der Waals surface area (Å²) in [6.45, 7) is 1.31. The largest absolute Gasteiger partial charge is 0.480 e. The van der Waals surface area contributed by atoms with E-state index in [4.69, 9.17) is 4.74 Å². The Morgan fingerprint density at radius 3 is 2.79 bits per heavy atom. The van der Waals surface area contributed by atoms with Gasteiger partial charge in [0.05, 0.1) is 24.9 Å². The minimum atomic E-state index is -0.109. The summed E-state index contributed by atoms with van der Waals surface area (Å²) in [5, 5.41) is 10.3. The normalized spacial score (nSPS) is 16.4. The number of nitriles is 1. The topological polar surface area (TPSA) is 89.8 Å². The maximum atomic E-state index is 12.9. The van der Waals surface area contributed by atoms with Gasteiger partial charge in [0.1, 0.15) is 23.2 Å². The van der Waals surface area contributed by atoms with E-state index in [9.17, 15) is 14.9 Å². The van der Waals surface area contributed by atoms with E-state index in [1.54, 1.807) is 31.3 Å². The van der Waals surface area contributed by atoms with E-state index in [0.717, 1.165) is 16.1 Å². The molecule has 2 aliphatic heterocycles. The van der Waals surface area contributed by atoms with Crippen molar-refractivity contribution in [1.29, 1.82) is 5.26 Å². The Bertz CT molecular complexity index is 1030. The van der Waals surface area contributed by atoms with Crippen molar-refractivity contribution < 1.29 is 14.3 Å². The summed E-state index contributed by atoms with van der Waals surface area (Å²) in [7, 11) is 4.87. The molecule has 2 aromatic rings. The molecule has 0 unspecified atom stereocenters. The molecule has 4 rings (SSSR count). The molecule has 9 heteroatoms. The number of amides is 2. The standard InChI is InChI=1S/C19H19N5O3S/c1-22-10-15(25)23(2)19-16(18(22)26)11-5-7-24(9-14(11)28-19)13-4-6-21-17(27-3)12(13)8-20/h4,6H,5,7,9-10H2,1-3H3. The number of fused-ring (bicyclic) bond motifs is 3. The third kappa shape index (κ3) is 2.68. The molecule has 28 heavy (non-hydrogen) atoms. The second-order valence-corrected chi connectivity index (χ2v) is 7.88. The molecule has 8 nitrogen and oxygen atoms in total. The summed E-state index contributed by atoms with van der Waals surface area (Å²) in [6.07, 6.45) is 2.29. The van der Waals surface area contributed by atoms with E-state index in [1.165, 1.54) is 23.3 Å². The van der Waals surface area contributed by atoms with E-state index >= 15 is 0 Å². The number of hydrogen-bond acceptors (Lipinski definition) is 7. The molecule has 2 aliphatic rings. The highest BCUT2D eigenvalue weighted by atomic mass is 32.1. The number of carbonyl (C=O) groups excluding carboxylic acids is 2. The van der Waals surface area contributed by atoms with E-state index in [-0.39, 0.29) is 18.4 Å². The smallest absolute Gasteiger partial charge is 0.257 e. The third-order valence-electron chi connectivity index (χ3n) is 5.19. The van der Waals surface area contributed by atoms with Crippen molar-refractivity contribution in [2.24, 2.45) is 0 Å². The Hall–Kier alpha value is -3.12. The van der Waals surface area contributed by atoms with Crippen molar-refractivity contribution >= 4 is 33.8 Å². The quantitative estimate of drug-likeness (QED) is 0.765. The Labute approximate surface area is 166 Å². The molecule has 4 heterocycles. The van der Waals surface area contributed by atoms with Crippen LogP contribution >= 0.6 is 11.3 Å². The first-order valence-electron chi connectivity index (χ1n) is 8.80. The van der Waals surface area contributed by atoms with Crippen LogP contribution in [0.25, 0.3) is 0 Å². The van der Waals surface area contributed by atoms with Crippen molar-refractivity contribution in [2.75, 3.05) is 44.1 Å². The number of likely N-dealkylation sites (N-methyl/N-ethyl adjacent to an activating group) is 2. The lowest BCUT2D eigenvalue weighted by atomic mass is 10.0. The lowest BCUT2D eigenvalue weighted by Crippen LogP contribution is -2.36. The van der Waals surface area contributed by atoms with Crippen molar-refractivity contribution in [3.05, 3.63) is 33.8 Å². The number of thiophene rings is 1. The summed E-state index contributed by atoms with van der Waals surface area (Å²) in [4.78, 5) is 35.5. The van der Waals surface area contributed by atoms with Crippen LogP contribution in [0.3, 0.4) is 0 Å². The number of hydrogen-bond donors (Lipinski definition) is 0. The molecule has 0 saturated heterocycles. The lowest BCUT2D eigenvalue weighted by molar-refractivity contribution is -0.118. The van der Waals surface area contributed by atoms with Crippen LogP contribution in [-0.4, -0.2) is 56.0 Å². The van der Waals surface area contributed by atoms with Gasteiger partial charge in [0.15, 0.2) is 0 Å². The summed E-state index contributed by atoms with van der Waals surface area (Å²) in [5.74, 6) is 0.0903. The van der Waals surface area contributed by atoms with Gasteiger partial charge in [-0.15, -0.1) is 11.3 Å². The number of methoxy groups -OCH3 is 1. The molecule has 0 fully saturated rings. The zero-order valence-electron chi connectivity index (χ0n) is 15.9. The predicted molar refractivity (Wildman–Crippen MR) is 105 cm³/mol. The first kappa shape index (κ1) is 18.3. The van der Waals surface area contributed by atoms with Gasteiger partial charge >= 0.3 is 0 Å². The number of aromatic nitrogens is 1. The minimum Gasteiger partial charge on any atom is -0.480 e. The van der Waals surface area contributed by atoms with Crippen LogP contribution in [0.5, 0.6) is 5.88 Å². The zero-order valence-corrected chi connectivity index (χ0v) is 16.7. The molecule has 0 atom stereocenters. The molecule has 0 radical (unpaired) electrons. The number of carbonyl (C=O) groups is 2. The first-order valence-corrected chi connectivity index (χ1v) is 9.62. The highest BCUT2D eigenvalue weighted by Gasteiger charge is 2.35. The Morgan fingerprint density at radius 2 is 2.07 bits per heavy atom. The van der Waals surface area contributed by atoms with Gasteiger partial charge in [0.25, 0.3) is 5.91 Å². The summed E-state index contributed by atoms with van der Waals surface area (Å²) in [6, 6.07) is 3.98. The third-order valence-corrected chi connectivity index (χ3v) is 6.48. The summed E-state index contributed by atoms with van der Waals surface area (Å²) >= 11 is 1.48. The molecule has 2 amide bonds. The second kappa shape index (κ2) is 6.80. The molecule has 0 spiro atoms. The monoisotopic (exact) mass is 397 g/mol. The highest BCUT2D eigenvalue weighted by Crippen LogP contribution is 2.42. The van der Waals surface area contributed by atoms with Gasteiger partial charge in [0, 0.05) is 31.7 Å². The van der Waals surface area contributed by atoms with Crippen molar-refractivity contribution in [3.63, 3.8) is 0 Å². The fraction of sp³-hybridized carbons (Fsp3) is 0.368. The number of anilines is 2. The van der Waals surface area contributed by atoms with Crippen molar-refractivity contribution in [2.45, 2.75) is 13.0 Å². The fourth-order valence-corrected chi connectivity index (χ4v) is 5.03.